The summed E-state index contributed by atoms with van der Waals surface area (Å²) in [5.41, 5.74) is 2.96. The van der Waals surface area contributed by atoms with E-state index in [1.54, 1.807) is 36.4 Å². The highest BCUT2D eigenvalue weighted by molar-refractivity contribution is 6.31. The molecule has 0 aliphatic rings. The molecule has 0 aliphatic carbocycles. The maximum Gasteiger partial charge on any atom is 0.258 e. The van der Waals surface area contributed by atoms with Gasteiger partial charge in [0, 0.05) is 27.0 Å². The molecule has 0 fully saturated rings. The Balaban J connectivity index is 1.84. The molecule has 3 aromatic rings. The summed E-state index contributed by atoms with van der Waals surface area (Å²) >= 11 is 11.9. The highest BCUT2D eigenvalue weighted by atomic mass is 35.5. The van der Waals surface area contributed by atoms with Crippen LogP contribution in [0.3, 0.4) is 0 Å². The van der Waals surface area contributed by atoms with Crippen molar-refractivity contribution in [1.82, 2.24) is 15.3 Å². The molecule has 2 N–H and O–H groups in total. The summed E-state index contributed by atoms with van der Waals surface area (Å²) in [6.07, 6.45) is 0. The maximum atomic E-state index is 12.6. The third kappa shape index (κ3) is 6.27. The number of aromatic nitrogens is 2. The van der Waals surface area contributed by atoms with Gasteiger partial charge in [-0.1, -0.05) is 41.4 Å². The van der Waals surface area contributed by atoms with E-state index in [0.717, 1.165) is 17.0 Å². The number of halogens is 2. The van der Waals surface area contributed by atoms with E-state index in [4.69, 9.17) is 23.2 Å². The topological polar surface area (TPSA) is 79.3 Å². The van der Waals surface area contributed by atoms with Crippen LogP contribution in [0.1, 0.15) is 27.3 Å². The van der Waals surface area contributed by atoms with Crippen molar-refractivity contribution in [3.8, 4) is 0 Å². The predicted molar refractivity (Wildman–Crippen MR) is 117 cm³/mol. The van der Waals surface area contributed by atoms with E-state index in [2.05, 4.69) is 25.6 Å². The first-order chi connectivity index (χ1) is 13.9. The quantitative estimate of drug-likeness (QED) is 0.462. The number of benzene rings is 2. The summed E-state index contributed by atoms with van der Waals surface area (Å²) in [5, 5.41) is 6.88. The monoisotopic (exact) mass is 427 g/mol. The van der Waals surface area contributed by atoms with Crippen molar-refractivity contribution in [1.29, 1.82) is 0 Å². The average Bonchev–Trinajstić information content (AvgIpc) is 2.66. The molecular weight excluding hydrogens is 409 g/mol. The normalized spacial score (nSPS) is 11.2. The van der Waals surface area contributed by atoms with Crippen LogP contribution in [0.15, 0.2) is 59.6 Å². The standard InChI is InChI=1S/C21H19Cl2N5O/c1-13-10-14(2)26-21(25-13)28-20(24-12-15-6-8-17(22)9-7-15)27-19(29)16-4-3-5-18(23)11-16/h3-11H,12H2,1-2H3,(H2,24,25,26,27,28,29). The van der Waals surface area contributed by atoms with Crippen molar-refractivity contribution >= 4 is 41.0 Å². The summed E-state index contributed by atoms with van der Waals surface area (Å²) in [5.74, 6) is 0.234. The fourth-order valence-corrected chi connectivity index (χ4v) is 2.88. The first-order valence-corrected chi connectivity index (χ1v) is 9.60. The van der Waals surface area contributed by atoms with Crippen LogP contribution in [0.4, 0.5) is 5.95 Å². The van der Waals surface area contributed by atoms with E-state index in [1.165, 1.54) is 0 Å². The Morgan fingerprint density at radius 3 is 2.31 bits per heavy atom. The number of anilines is 1. The maximum absolute atomic E-state index is 12.6. The minimum atomic E-state index is -0.348. The Kier molecular flexibility index (Phi) is 6.80. The molecule has 0 saturated heterocycles. The Hall–Kier alpha value is -2.96. The van der Waals surface area contributed by atoms with Gasteiger partial charge in [0.15, 0.2) is 0 Å². The molecule has 1 heterocycles. The van der Waals surface area contributed by atoms with Gasteiger partial charge in [0.2, 0.25) is 11.9 Å². The summed E-state index contributed by atoms with van der Waals surface area (Å²) in [6.45, 7) is 4.07. The van der Waals surface area contributed by atoms with E-state index in [-0.39, 0.29) is 11.9 Å². The lowest BCUT2D eigenvalue weighted by Gasteiger charge is -2.12. The number of amides is 1. The molecule has 0 radical (unpaired) electrons. The van der Waals surface area contributed by atoms with E-state index in [1.807, 2.05) is 32.0 Å². The molecule has 3 rings (SSSR count). The largest absolute Gasteiger partial charge is 0.294 e. The second kappa shape index (κ2) is 9.49. The molecule has 6 nitrogen and oxygen atoms in total. The number of aryl methyl sites for hydroxylation is 2. The zero-order valence-corrected chi connectivity index (χ0v) is 17.4. The number of hydrogen-bond acceptors (Lipinski definition) is 4. The number of hydrogen-bond donors (Lipinski definition) is 2. The molecule has 2 aromatic carbocycles. The highest BCUT2D eigenvalue weighted by Crippen LogP contribution is 2.12. The van der Waals surface area contributed by atoms with Gasteiger partial charge in [-0.2, -0.15) is 0 Å². The predicted octanol–water partition coefficient (Wildman–Crippen LogP) is 4.80. The van der Waals surface area contributed by atoms with E-state index >= 15 is 0 Å². The zero-order valence-electron chi connectivity index (χ0n) is 15.9. The molecule has 148 valence electrons. The van der Waals surface area contributed by atoms with Crippen LogP contribution in [-0.2, 0) is 6.54 Å². The van der Waals surface area contributed by atoms with E-state index < -0.39 is 0 Å². The molecule has 0 aliphatic heterocycles. The average molecular weight is 428 g/mol. The van der Waals surface area contributed by atoms with Crippen molar-refractivity contribution in [3.63, 3.8) is 0 Å². The third-order valence-corrected chi connectivity index (χ3v) is 4.35. The molecule has 0 bridgehead atoms. The molecule has 0 atom stereocenters. The minimum absolute atomic E-state index is 0.231. The summed E-state index contributed by atoms with van der Waals surface area (Å²) in [4.78, 5) is 25.8. The van der Waals surface area contributed by atoms with Crippen LogP contribution in [0.25, 0.3) is 0 Å². The van der Waals surface area contributed by atoms with Crippen LogP contribution in [-0.4, -0.2) is 21.8 Å². The van der Waals surface area contributed by atoms with Gasteiger partial charge in [-0.05, 0) is 55.8 Å². The van der Waals surface area contributed by atoms with Crippen LogP contribution >= 0.6 is 23.2 Å². The lowest BCUT2D eigenvalue weighted by atomic mass is 10.2. The van der Waals surface area contributed by atoms with Crippen molar-refractivity contribution in [2.24, 2.45) is 4.99 Å². The van der Waals surface area contributed by atoms with Crippen LogP contribution in [0.2, 0.25) is 10.0 Å². The molecule has 29 heavy (non-hydrogen) atoms. The Bertz CT molecular complexity index is 1030. The van der Waals surface area contributed by atoms with Gasteiger partial charge in [0.1, 0.15) is 0 Å². The molecule has 0 unspecified atom stereocenters. The number of nitrogens with zero attached hydrogens (tertiary/aromatic N) is 3. The Morgan fingerprint density at radius 2 is 1.66 bits per heavy atom. The zero-order chi connectivity index (χ0) is 20.8. The van der Waals surface area contributed by atoms with Gasteiger partial charge < -0.3 is 0 Å². The lowest BCUT2D eigenvalue weighted by Crippen LogP contribution is -2.36. The second-order valence-electron chi connectivity index (χ2n) is 6.36. The summed E-state index contributed by atoms with van der Waals surface area (Å²) in [7, 11) is 0. The van der Waals surface area contributed by atoms with Gasteiger partial charge in [0.05, 0.1) is 6.54 Å². The number of rotatable bonds is 4. The Morgan fingerprint density at radius 1 is 0.966 bits per heavy atom. The smallest absolute Gasteiger partial charge is 0.258 e. The van der Waals surface area contributed by atoms with Gasteiger partial charge >= 0.3 is 0 Å². The fourth-order valence-electron chi connectivity index (χ4n) is 2.57. The number of nitrogens with one attached hydrogen (secondary N) is 2. The first kappa shape index (κ1) is 20.8. The van der Waals surface area contributed by atoms with Gasteiger partial charge in [-0.3, -0.25) is 15.4 Å². The molecule has 8 heteroatoms. The number of guanidine groups is 1. The minimum Gasteiger partial charge on any atom is -0.294 e. The summed E-state index contributed by atoms with van der Waals surface area (Å²) < 4.78 is 0. The van der Waals surface area contributed by atoms with E-state index in [9.17, 15) is 4.79 Å². The van der Waals surface area contributed by atoms with Gasteiger partial charge in [-0.15, -0.1) is 0 Å². The molecule has 1 aromatic heterocycles. The second-order valence-corrected chi connectivity index (χ2v) is 7.23. The van der Waals surface area contributed by atoms with Crippen molar-refractivity contribution in [2.75, 3.05) is 5.32 Å². The molecule has 0 spiro atoms. The van der Waals surface area contributed by atoms with Crippen LogP contribution in [0, 0.1) is 13.8 Å². The third-order valence-electron chi connectivity index (χ3n) is 3.86. The van der Waals surface area contributed by atoms with Gasteiger partial charge in [-0.25, -0.2) is 15.0 Å². The fraction of sp³-hybridized carbons (Fsp3) is 0.143. The Labute approximate surface area is 179 Å². The van der Waals surface area contributed by atoms with Crippen LogP contribution in [0.5, 0.6) is 0 Å². The van der Waals surface area contributed by atoms with E-state index in [0.29, 0.717) is 28.1 Å². The van der Waals surface area contributed by atoms with Crippen molar-refractivity contribution < 1.29 is 4.79 Å². The van der Waals surface area contributed by atoms with Crippen molar-refractivity contribution in [3.05, 3.63) is 87.2 Å². The summed E-state index contributed by atoms with van der Waals surface area (Å²) in [6, 6.07) is 15.9. The lowest BCUT2D eigenvalue weighted by molar-refractivity contribution is 0.0977. The number of aliphatic imine (C=N–C) groups is 1. The highest BCUT2D eigenvalue weighted by Gasteiger charge is 2.11. The first-order valence-electron chi connectivity index (χ1n) is 8.84. The molecular formula is C21H19Cl2N5O. The molecule has 0 saturated carbocycles. The number of carbonyl (C=O) groups is 1. The van der Waals surface area contributed by atoms with Crippen molar-refractivity contribution in [2.45, 2.75) is 20.4 Å². The SMILES string of the molecule is Cc1cc(C)nc(NC(=NCc2ccc(Cl)cc2)NC(=O)c2cccc(Cl)c2)n1. The van der Waals surface area contributed by atoms with Gasteiger partial charge in [0.25, 0.3) is 5.91 Å². The molecule has 1 amide bonds. The number of carbonyl (C=O) groups excluding carboxylic acids is 1. The van der Waals surface area contributed by atoms with Crippen LogP contribution < -0.4 is 10.6 Å².